The van der Waals surface area contributed by atoms with Crippen molar-refractivity contribution in [1.82, 2.24) is 10.9 Å². The molecule has 0 aliphatic rings. The molecule has 0 saturated carbocycles. The third-order valence-corrected chi connectivity index (χ3v) is 4.08. The standard InChI is InChI=1S/C18H15BrN2O4/c1-11-14-4-2-3-5-15(14)25-17(11)18(23)21-20-16(22)10-24-13-8-6-12(19)7-9-13/h2-9H,10H2,1H3,(H,20,22)(H,21,23). The normalized spacial score (nSPS) is 10.5. The van der Waals surface area contributed by atoms with E-state index < -0.39 is 11.8 Å². The number of hydrazine groups is 1. The number of ether oxygens (including phenoxy) is 1. The molecule has 3 aromatic rings. The maximum Gasteiger partial charge on any atom is 0.305 e. The van der Waals surface area contributed by atoms with Crippen LogP contribution in [-0.2, 0) is 4.79 Å². The lowest BCUT2D eigenvalue weighted by Crippen LogP contribution is -2.43. The molecule has 0 aliphatic heterocycles. The summed E-state index contributed by atoms with van der Waals surface area (Å²) in [5.74, 6) is -0.288. The maximum atomic E-state index is 12.2. The highest BCUT2D eigenvalue weighted by atomic mass is 79.9. The van der Waals surface area contributed by atoms with Crippen molar-refractivity contribution in [2.75, 3.05) is 6.61 Å². The number of carbonyl (C=O) groups is 2. The van der Waals surface area contributed by atoms with Crippen molar-refractivity contribution in [3.8, 4) is 5.75 Å². The van der Waals surface area contributed by atoms with Gasteiger partial charge in [-0.1, -0.05) is 34.1 Å². The summed E-state index contributed by atoms with van der Waals surface area (Å²) in [7, 11) is 0. The fourth-order valence-corrected chi connectivity index (χ4v) is 2.55. The quantitative estimate of drug-likeness (QED) is 0.655. The number of para-hydroxylation sites is 1. The van der Waals surface area contributed by atoms with Gasteiger partial charge < -0.3 is 9.15 Å². The van der Waals surface area contributed by atoms with E-state index in [1.165, 1.54) is 0 Å². The lowest BCUT2D eigenvalue weighted by molar-refractivity contribution is -0.123. The molecule has 6 nitrogen and oxygen atoms in total. The number of halogens is 1. The van der Waals surface area contributed by atoms with Crippen LogP contribution in [0.2, 0.25) is 0 Å². The predicted octanol–water partition coefficient (Wildman–Crippen LogP) is 3.34. The SMILES string of the molecule is Cc1c(C(=O)NNC(=O)COc2ccc(Br)cc2)oc2ccccc12. The average molecular weight is 403 g/mol. The smallest absolute Gasteiger partial charge is 0.305 e. The second-order valence-electron chi connectivity index (χ2n) is 5.30. The van der Waals surface area contributed by atoms with Gasteiger partial charge in [-0.05, 0) is 37.3 Å². The van der Waals surface area contributed by atoms with Gasteiger partial charge in [-0.15, -0.1) is 0 Å². The molecule has 0 radical (unpaired) electrons. The fourth-order valence-electron chi connectivity index (χ4n) is 2.29. The number of benzene rings is 2. The first-order valence-electron chi connectivity index (χ1n) is 7.50. The number of rotatable bonds is 4. The Morgan fingerprint density at radius 3 is 2.52 bits per heavy atom. The first kappa shape index (κ1) is 17.0. The highest BCUT2D eigenvalue weighted by Gasteiger charge is 2.17. The number of fused-ring (bicyclic) bond motifs is 1. The van der Waals surface area contributed by atoms with E-state index in [0.717, 1.165) is 9.86 Å². The van der Waals surface area contributed by atoms with E-state index in [1.807, 2.05) is 18.2 Å². The van der Waals surface area contributed by atoms with Crippen LogP contribution in [0.25, 0.3) is 11.0 Å². The molecule has 1 heterocycles. The van der Waals surface area contributed by atoms with Gasteiger partial charge in [0, 0.05) is 15.4 Å². The molecule has 2 amide bonds. The van der Waals surface area contributed by atoms with Crippen LogP contribution in [0.3, 0.4) is 0 Å². The van der Waals surface area contributed by atoms with Gasteiger partial charge in [-0.2, -0.15) is 0 Å². The second kappa shape index (κ2) is 7.40. The van der Waals surface area contributed by atoms with Crippen LogP contribution in [0.5, 0.6) is 5.75 Å². The number of amides is 2. The average Bonchev–Trinajstić information content (AvgIpc) is 2.96. The molecule has 0 spiro atoms. The molecule has 0 saturated heterocycles. The van der Waals surface area contributed by atoms with Crippen LogP contribution in [-0.4, -0.2) is 18.4 Å². The molecule has 128 valence electrons. The lowest BCUT2D eigenvalue weighted by Gasteiger charge is -2.08. The number of hydrogen-bond donors (Lipinski definition) is 2. The van der Waals surface area contributed by atoms with Crippen molar-refractivity contribution >= 4 is 38.7 Å². The molecular weight excluding hydrogens is 388 g/mol. The van der Waals surface area contributed by atoms with Crippen molar-refractivity contribution < 1.29 is 18.7 Å². The number of aryl methyl sites for hydroxylation is 1. The molecule has 2 N–H and O–H groups in total. The Labute approximate surface area is 152 Å². The summed E-state index contributed by atoms with van der Waals surface area (Å²) >= 11 is 3.32. The summed E-state index contributed by atoms with van der Waals surface area (Å²) in [5, 5.41) is 0.859. The van der Waals surface area contributed by atoms with Crippen LogP contribution >= 0.6 is 15.9 Å². The number of carbonyl (C=O) groups excluding carboxylic acids is 2. The summed E-state index contributed by atoms with van der Waals surface area (Å²) in [6.07, 6.45) is 0. The molecule has 0 unspecified atom stereocenters. The van der Waals surface area contributed by atoms with E-state index in [9.17, 15) is 9.59 Å². The minimum Gasteiger partial charge on any atom is -0.484 e. The molecule has 3 rings (SSSR count). The Bertz CT molecular complexity index is 918. The van der Waals surface area contributed by atoms with E-state index in [-0.39, 0.29) is 12.4 Å². The van der Waals surface area contributed by atoms with Crippen LogP contribution in [0.1, 0.15) is 16.1 Å². The summed E-state index contributed by atoms with van der Waals surface area (Å²) in [5.41, 5.74) is 5.96. The van der Waals surface area contributed by atoms with Gasteiger partial charge in [-0.3, -0.25) is 20.4 Å². The Morgan fingerprint density at radius 1 is 1.08 bits per heavy atom. The zero-order valence-electron chi connectivity index (χ0n) is 13.3. The van der Waals surface area contributed by atoms with E-state index in [2.05, 4.69) is 26.8 Å². The van der Waals surface area contributed by atoms with Crippen LogP contribution in [0, 0.1) is 6.92 Å². The largest absolute Gasteiger partial charge is 0.484 e. The highest BCUT2D eigenvalue weighted by Crippen LogP contribution is 2.24. The summed E-state index contributed by atoms with van der Waals surface area (Å²) in [4.78, 5) is 24.0. The van der Waals surface area contributed by atoms with Gasteiger partial charge in [0.05, 0.1) is 0 Å². The van der Waals surface area contributed by atoms with E-state index in [0.29, 0.717) is 16.9 Å². The topological polar surface area (TPSA) is 80.6 Å². The zero-order chi connectivity index (χ0) is 17.8. The van der Waals surface area contributed by atoms with Crippen LogP contribution in [0.15, 0.2) is 57.4 Å². The lowest BCUT2D eigenvalue weighted by atomic mass is 10.1. The van der Waals surface area contributed by atoms with Crippen molar-refractivity contribution in [1.29, 1.82) is 0 Å². The Kier molecular flexibility index (Phi) is 5.04. The summed E-state index contributed by atoms with van der Waals surface area (Å²) in [6, 6.07) is 14.4. The molecule has 0 atom stereocenters. The number of nitrogens with one attached hydrogen (secondary N) is 2. The minimum atomic E-state index is -0.523. The first-order chi connectivity index (χ1) is 12.0. The van der Waals surface area contributed by atoms with Gasteiger partial charge in [-0.25, -0.2) is 0 Å². The summed E-state index contributed by atoms with van der Waals surface area (Å²) in [6.45, 7) is 1.57. The van der Waals surface area contributed by atoms with Crippen molar-refractivity contribution in [3.63, 3.8) is 0 Å². The molecule has 0 fully saturated rings. The van der Waals surface area contributed by atoms with Gasteiger partial charge in [0.25, 0.3) is 5.91 Å². The third kappa shape index (κ3) is 4.00. The van der Waals surface area contributed by atoms with Gasteiger partial charge in [0.1, 0.15) is 11.3 Å². The maximum absolute atomic E-state index is 12.2. The van der Waals surface area contributed by atoms with Gasteiger partial charge >= 0.3 is 5.91 Å². The monoisotopic (exact) mass is 402 g/mol. The molecule has 25 heavy (non-hydrogen) atoms. The van der Waals surface area contributed by atoms with Crippen LogP contribution in [0.4, 0.5) is 0 Å². The fraction of sp³-hybridized carbons (Fsp3) is 0.111. The molecule has 1 aromatic heterocycles. The van der Waals surface area contributed by atoms with E-state index in [1.54, 1.807) is 37.3 Å². The van der Waals surface area contributed by atoms with Crippen molar-refractivity contribution in [2.24, 2.45) is 0 Å². The van der Waals surface area contributed by atoms with Gasteiger partial charge in [0.2, 0.25) is 0 Å². The predicted molar refractivity (Wildman–Crippen MR) is 96.2 cm³/mol. The third-order valence-electron chi connectivity index (χ3n) is 3.55. The first-order valence-corrected chi connectivity index (χ1v) is 8.29. The molecule has 0 aliphatic carbocycles. The molecular formula is C18H15BrN2O4. The molecule has 0 bridgehead atoms. The number of hydrogen-bond acceptors (Lipinski definition) is 4. The Morgan fingerprint density at radius 2 is 1.80 bits per heavy atom. The molecule has 7 heteroatoms. The number of furan rings is 1. The second-order valence-corrected chi connectivity index (χ2v) is 6.21. The van der Waals surface area contributed by atoms with Gasteiger partial charge in [0.15, 0.2) is 12.4 Å². The zero-order valence-corrected chi connectivity index (χ0v) is 14.9. The van der Waals surface area contributed by atoms with Crippen molar-refractivity contribution in [2.45, 2.75) is 6.92 Å². The van der Waals surface area contributed by atoms with E-state index >= 15 is 0 Å². The molecule has 2 aromatic carbocycles. The van der Waals surface area contributed by atoms with E-state index in [4.69, 9.17) is 9.15 Å². The van der Waals surface area contributed by atoms with Crippen LogP contribution < -0.4 is 15.6 Å². The minimum absolute atomic E-state index is 0.162. The Hall–Kier alpha value is -2.80. The Balaban J connectivity index is 1.55. The summed E-state index contributed by atoms with van der Waals surface area (Å²) < 4.78 is 11.8. The highest BCUT2D eigenvalue weighted by molar-refractivity contribution is 9.10. The van der Waals surface area contributed by atoms with Crippen molar-refractivity contribution in [3.05, 3.63) is 64.3 Å².